The number of H-pyrrole nitrogens is 1. The molecule has 0 saturated carbocycles. The van der Waals surface area contributed by atoms with Gasteiger partial charge >= 0.3 is 0 Å². The van der Waals surface area contributed by atoms with Gasteiger partial charge in [-0.1, -0.05) is 17.7 Å². The third kappa shape index (κ3) is 1.70. The quantitative estimate of drug-likeness (QED) is 0.743. The number of nitrogens with one attached hydrogen (secondary N) is 2. The van der Waals surface area contributed by atoms with Crippen LogP contribution in [0.15, 0.2) is 55.2 Å². The van der Waals surface area contributed by atoms with Crippen molar-refractivity contribution in [1.29, 1.82) is 0 Å². The monoisotopic (exact) mass is 265 g/mol. The van der Waals surface area contributed by atoms with Crippen LogP contribution in [0.5, 0.6) is 0 Å². The molecular formula is C14H11N5O. The lowest BCUT2D eigenvalue weighted by Gasteiger charge is -2.18. The number of aromatic nitrogens is 3. The van der Waals surface area contributed by atoms with Gasteiger partial charge in [0, 0.05) is 11.8 Å². The number of benzene rings is 1. The normalized spacial score (nSPS) is 14.4. The van der Waals surface area contributed by atoms with Crippen molar-refractivity contribution in [1.82, 2.24) is 20.5 Å². The van der Waals surface area contributed by atoms with E-state index in [0.29, 0.717) is 0 Å². The fraction of sp³-hybridized carbons (Fsp3) is 0. The number of rotatable bonds is 2. The second kappa shape index (κ2) is 4.36. The molecular weight excluding hydrogens is 254 g/mol. The van der Waals surface area contributed by atoms with Crippen LogP contribution in [0.1, 0.15) is 5.56 Å². The Morgan fingerprint density at radius 1 is 1.10 bits per heavy atom. The van der Waals surface area contributed by atoms with Crippen LogP contribution in [-0.4, -0.2) is 15.0 Å². The SMILES string of the molecule is C1=C(c2ccc3nc[nH]c3c2)N(c2ccccn2)NO1. The molecule has 2 aromatic heterocycles. The van der Waals surface area contributed by atoms with Crippen LogP contribution in [0.4, 0.5) is 5.82 Å². The van der Waals surface area contributed by atoms with Crippen molar-refractivity contribution in [2.45, 2.75) is 0 Å². The van der Waals surface area contributed by atoms with Crippen LogP contribution in [0.3, 0.4) is 0 Å². The van der Waals surface area contributed by atoms with Gasteiger partial charge in [0.1, 0.15) is 17.8 Å². The van der Waals surface area contributed by atoms with Gasteiger partial charge in [-0.15, -0.1) is 0 Å². The van der Waals surface area contributed by atoms with E-state index >= 15 is 0 Å². The summed E-state index contributed by atoms with van der Waals surface area (Å²) in [4.78, 5) is 16.9. The number of aromatic amines is 1. The second-order valence-corrected chi connectivity index (χ2v) is 4.37. The Hall–Kier alpha value is -2.86. The number of pyridine rings is 1. The van der Waals surface area contributed by atoms with Gasteiger partial charge in [-0.25, -0.2) is 15.0 Å². The summed E-state index contributed by atoms with van der Waals surface area (Å²) in [5.41, 5.74) is 6.63. The molecule has 0 aliphatic carbocycles. The van der Waals surface area contributed by atoms with Crippen molar-refractivity contribution in [3.63, 3.8) is 0 Å². The molecule has 0 amide bonds. The van der Waals surface area contributed by atoms with Crippen molar-refractivity contribution in [3.8, 4) is 0 Å². The Morgan fingerprint density at radius 3 is 3.00 bits per heavy atom. The predicted octanol–water partition coefficient (Wildman–Crippen LogP) is 2.21. The number of imidazole rings is 1. The van der Waals surface area contributed by atoms with E-state index in [1.807, 2.05) is 36.4 Å². The third-order valence-electron chi connectivity index (χ3n) is 3.15. The first-order chi connectivity index (χ1) is 9.92. The molecule has 0 saturated heterocycles. The van der Waals surface area contributed by atoms with E-state index in [0.717, 1.165) is 28.1 Å². The Morgan fingerprint density at radius 2 is 2.10 bits per heavy atom. The largest absolute Gasteiger partial charge is 0.394 e. The maximum Gasteiger partial charge on any atom is 0.150 e. The molecule has 0 fully saturated rings. The lowest BCUT2D eigenvalue weighted by molar-refractivity contribution is 0.158. The van der Waals surface area contributed by atoms with E-state index in [9.17, 15) is 0 Å². The molecule has 1 aliphatic rings. The van der Waals surface area contributed by atoms with E-state index in [1.165, 1.54) is 0 Å². The van der Waals surface area contributed by atoms with Crippen LogP contribution >= 0.6 is 0 Å². The van der Waals surface area contributed by atoms with E-state index in [-0.39, 0.29) is 0 Å². The van der Waals surface area contributed by atoms with Gasteiger partial charge in [0.25, 0.3) is 0 Å². The molecule has 4 rings (SSSR count). The minimum Gasteiger partial charge on any atom is -0.394 e. The highest BCUT2D eigenvalue weighted by molar-refractivity contribution is 5.84. The number of fused-ring (bicyclic) bond motifs is 1. The molecule has 3 aromatic rings. The summed E-state index contributed by atoms with van der Waals surface area (Å²) >= 11 is 0. The molecule has 0 spiro atoms. The molecule has 3 heterocycles. The van der Waals surface area contributed by atoms with E-state index in [2.05, 4.69) is 20.5 Å². The van der Waals surface area contributed by atoms with Gasteiger partial charge in [-0.2, -0.15) is 0 Å². The Kier molecular flexibility index (Phi) is 2.40. The topological polar surface area (TPSA) is 66.1 Å². The lowest BCUT2D eigenvalue weighted by Crippen LogP contribution is -2.30. The van der Waals surface area contributed by atoms with E-state index in [1.54, 1.807) is 23.8 Å². The van der Waals surface area contributed by atoms with Crippen molar-refractivity contribution in [3.05, 3.63) is 60.7 Å². The summed E-state index contributed by atoms with van der Waals surface area (Å²) in [6.45, 7) is 0. The predicted molar refractivity (Wildman–Crippen MR) is 75.0 cm³/mol. The molecule has 6 nitrogen and oxygen atoms in total. The van der Waals surface area contributed by atoms with Gasteiger partial charge in [-0.3, -0.25) is 0 Å². The van der Waals surface area contributed by atoms with E-state index in [4.69, 9.17) is 4.84 Å². The van der Waals surface area contributed by atoms with Crippen molar-refractivity contribution < 1.29 is 4.84 Å². The summed E-state index contributed by atoms with van der Waals surface area (Å²) in [6.07, 6.45) is 5.08. The first-order valence-electron chi connectivity index (χ1n) is 6.18. The van der Waals surface area contributed by atoms with Gasteiger partial charge in [-0.05, 0) is 24.3 Å². The zero-order valence-electron chi connectivity index (χ0n) is 10.4. The second-order valence-electron chi connectivity index (χ2n) is 4.37. The molecule has 1 aromatic carbocycles. The molecule has 98 valence electrons. The molecule has 2 N–H and O–H groups in total. The summed E-state index contributed by atoms with van der Waals surface area (Å²) in [6, 6.07) is 11.7. The number of hydrazine groups is 1. The molecule has 1 aliphatic heterocycles. The minimum atomic E-state index is 0.765. The maximum absolute atomic E-state index is 5.22. The van der Waals surface area contributed by atoms with Crippen molar-refractivity contribution >= 4 is 22.5 Å². The Labute approximate surface area is 114 Å². The maximum atomic E-state index is 5.22. The van der Waals surface area contributed by atoms with Gasteiger partial charge in [0.05, 0.1) is 17.4 Å². The number of nitrogens with zero attached hydrogens (tertiary/aromatic N) is 3. The molecule has 0 atom stereocenters. The zero-order chi connectivity index (χ0) is 13.4. The van der Waals surface area contributed by atoms with Gasteiger partial charge in [0.2, 0.25) is 0 Å². The summed E-state index contributed by atoms with van der Waals surface area (Å²) < 4.78 is 0. The molecule has 0 bridgehead atoms. The van der Waals surface area contributed by atoms with Crippen LogP contribution in [0.25, 0.3) is 16.7 Å². The Balaban J connectivity index is 1.76. The highest BCUT2D eigenvalue weighted by Gasteiger charge is 2.21. The molecule has 20 heavy (non-hydrogen) atoms. The fourth-order valence-electron chi connectivity index (χ4n) is 2.18. The van der Waals surface area contributed by atoms with Gasteiger partial charge < -0.3 is 9.82 Å². The molecule has 0 radical (unpaired) electrons. The van der Waals surface area contributed by atoms with E-state index < -0.39 is 0 Å². The van der Waals surface area contributed by atoms with Crippen LogP contribution in [0.2, 0.25) is 0 Å². The van der Waals surface area contributed by atoms with Crippen LogP contribution in [-0.2, 0) is 4.84 Å². The van der Waals surface area contributed by atoms with Gasteiger partial charge in [0.15, 0.2) is 0 Å². The molecule has 0 unspecified atom stereocenters. The average molecular weight is 265 g/mol. The Bertz CT molecular complexity index is 780. The first-order valence-corrected chi connectivity index (χ1v) is 6.18. The standard InChI is InChI=1S/C14H11N5O/c1-2-6-15-14(3-1)19-13(8-20-18-19)10-4-5-11-12(7-10)17-9-16-11/h1-9,18H,(H,16,17). The first kappa shape index (κ1) is 11.0. The highest BCUT2D eigenvalue weighted by Crippen LogP contribution is 2.27. The smallest absolute Gasteiger partial charge is 0.150 e. The zero-order valence-corrected chi connectivity index (χ0v) is 10.4. The summed E-state index contributed by atoms with van der Waals surface area (Å²) in [7, 11) is 0. The lowest BCUT2D eigenvalue weighted by atomic mass is 10.1. The summed E-state index contributed by atoms with van der Waals surface area (Å²) in [5, 5.41) is 1.79. The highest BCUT2D eigenvalue weighted by atomic mass is 16.7. The van der Waals surface area contributed by atoms with Crippen molar-refractivity contribution in [2.24, 2.45) is 0 Å². The minimum absolute atomic E-state index is 0.765. The van der Waals surface area contributed by atoms with Crippen LogP contribution in [0, 0.1) is 0 Å². The summed E-state index contributed by atoms with van der Waals surface area (Å²) in [5.74, 6) is 0.765. The van der Waals surface area contributed by atoms with Crippen molar-refractivity contribution in [2.75, 3.05) is 5.01 Å². The third-order valence-corrected chi connectivity index (χ3v) is 3.15. The fourth-order valence-corrected chi connectivity index (χ4v) is 2.18. The molecule has 6 heteroatoms. The van der Waals surface area contributed by atoms with Crippen LogP contribution < -0.4 is 10.6 Å². The average Bonchev–Trinajstić information content (AvgIpc) is 3.16. The number of hydrogen-bond donors (Lipinski definition) is 2. The number of hydrogen-bond acceptors (Lipinski definition) is 5. The number of anilines is 1.